The Morgan fingerprint density at radius 1 is 1.38 bits per heavy atom. The van der Waals surface area contributed by atoms with Crippen molar-refractivity contribution in [2.24, 2.45) is 0 Å². The average Bonchev–Trinajstić information content (AvgIpc) is 3.17. The fraction of sp³-hybridized carbons (Fsp3) is 0.375. The zero-order chi connectivity index (χ0) is 14.5. The number of carbonyl (C=O) groups is 1. The second-order valence-electron chi connectivity index (χ2n) is 5.25. The average molecular weight is 285 g/mol. The number of nitrogens with zero attached hydrogens (tertiary/aromatic N) is 1. The molecule has 1 amide bonds. The van der Waals surface area contributed by atoms with Gasteiger partial charge in [0.1, 0.15) is 5.82 Å². The third-order valence-corrected chi connectivity index (χ3v) is 3.71. The maximum atomic E-state index is 12.0. The van der Waals surface area contributed by atoms with Crippen molar-refractivity contribution in [1.29, 1.82) is 0 Å². The van der Waals surface area contributed by atoms with Crippen molar-refractivity contribution in [3.05, 3.63) is 36.5 Å². The van der Waals surface area contributed by atoms with Crippen molar-refractivity contribution in [3.8, 4) is 11.1 Å². The van der Waals surface area contributed by atoms with Crippen LogP contribution in [0.15, 0.2) is 36.5 Å². The smallest absolute Gasteiger partial charge is 0.225 e. The number of hydrogen-bond donors (Lipinski definition) is 2. The van der Waals surface area contributed by atoms with Gasteiger partial charge in [-0.2, -0.15) is 5.10 Å². The van der Waals surface area contributed by atoms with Gasteiger partial charge in [0.25, 0.3) is 0 Å². The van der Waals surface area contributed by atoms with E-state index in [1.165, 1.54) is 0 Å². The summed E-state index contributed by atoms with van der Waals surface area (Å²) in [4.78, 5) is 12.0. The Kier molecular flexibility index (Phi) is 4.31. The van der Waals surface area contributed by atoms with E-state index in [9.17, 15) is 4.79 Å². The van der Waals surface area contributed by atoms with E-state index >= 15 is 0 Å². The van der Waals surface area contributed by atoms with Crippen LogP contribution in [0.1, 0.15) is 25.7 Å². The van der Waals surface area contributed by atoms with Crippen molar-refractivity contribution in [3.63, 3.8) is 0 Å². The number of carbonyl (C=O) groups excluding carboxylic acids is 1. The van der Waals surface area contributed by atoms with Crippen LogP contribution in [-0.2, 0) is 9.53 Å². The van der Waals surface area contributed by atoms with E-state index in [4.69, 9.17) is 4.74 Å². The molecule has 1 unspecified atom stereocenters. The lowest BCUT2D eigenvalue weighted by Gasteiger charge is -2.09. The number of rotatable bonds is 5. The molecule has 1 atom stereocenters. The van der Waals surface area contributed by atoms with Gasteiger partial charge >= 0.3 is 0 Å². The van der Waals surface area contributed by atoms with Crippen LogP contribution in [0, 0.1) is 0 Å². The number of ether oxygens (including phenoxy) is 1. The van der Waals surface area contributed by atoms with Crippen molar-refractivity contribution in [2.45, 2.75) is 31.8 Å². The molecule has 1 fully saturated rings. The topological polar surface area (TPSA) is 67.0 Å². The molecule has 0 radical (unpaired) electrons. The van der Waals surface area contributed by atoms with Crippen LogP contribution in [0.2, 0.25) is 0 Å². The van der Waals surface area contributed by atoms with E-state index in [1.807, 2.05) is 30.3 Å². The molecule has 0 aliphatic carbocycles. The predicted molar refractivity (Wildman–Crippen MR) is 80.9 cm³/mol. The summed E-state index contributed by atoms with van der Waals surface area (Å²) in [5.41, 5.74) is 1.93. The highest BCUT2D eigenvalue weighted by Crippen LogP contribution is 2.25. The van der Waals surface area contributed by atoms with Gasteiger partial charge in [-0.3, -0.25) is 9.89 Å². The van der Waals surface area contributed by atoms with Gasteiger partial charge in [-0.15, -0.1) is 0 Å². The van der Waals surface area contributed by atoms with Gasteiger partial charge in [0.05, 0.1) is 12.3 Å². The number of anilines is 1. The second kappa shape index (κ2) is 6.54. The lowest BCUT2D eigenvalue weighted by Crippen LogP contribution is -2.15. The zero-order valence-corrected chi connectivity index (χ0v) is 11.8. The molecule has 110 valence electrons. The van der Waals surface area contributed by atoms with E-state index in [2.05, 4.69) is 15.5 Å². The van der Waals surface area contributed by atoms with Gasteiger partial charge < -0.3 is 10.1 Å². The number of aromatic amines is 1. The summed E-state index contributed by atoms with van der Waals surface area (Å²) in [6, 6.07) is 9.87. The molecule has 1 aromatic carbocycles. The highest BCUT2D eigenvalue weighted by molar-refractivity contribution is 5.93. The van der Waals surface area contributed by atoms with Crippen LogP contribution in [-0.4, -0.2) is 28.8 Å². The first-order valence-electron chi connectivity index (χ1n) is 7.33. The van der Waals surface area contributed by atoms with Gasteiger partial charge in [0.15, 0.2) is 0 Å². The largest absolute Gasteiger partial charge is 0.378 e. The molecular formula is C16H19N3O2. The van der Waals surface area contributed by atoms with Crippen LogP contribution in [0.4, 0.5) is 5.82 Å². The number of hydrogen-bond acceptors (Lipinski definition) is 3. The molecule has 1 saturated heterocycles. The molecule has 1 aliphatic heterocycles. The summed E-state index contributed by atoms with van der Waals surface area (Å²) in [6.07, 6.45) is 5.38. The molecule has 5 nitrogen and oxygen atoms in total. The molecule has 2 aromatic rings. The van der Waals surface area contributed by atoms with E-state index in [0.717, 1.165) is 37.0 Å². The van der Waals surface area contributed by atoms with Crippen molar-refractivity contribution < 1.29 is 9.53 Å². The summed E-state index contributed by atoms with van der Waals surface area (Å²) in [6.45, 7) is 0.824. The first-order chi connectivity index (χ1) is 10.3. The molecule has 21 heavy (non-hydrogen) atoms. The summed E-state index contributed by atoms with van der Waals surface area (Å²) in [7, 11) is 0. The zero-order valence-electron chi connectivity index (χ0n) is 11.8. The Morgan fingerprint density at radius 3 is 3.00 bits per heavy atom. The van der Waals surface area contributed by atoms with Crippen LogP contribution < -0.4 is 5.32 Å². The number of benzene rings is 1. The summed E-state index contributed by atoms with van der Waals surface area (Å²) in [5, 5.41) is 9.78. The monoisotopic (exact) mass is 285 g/mol. The molecule has 2 N–H and O–H groups in total. The SMILES string of the molecule is O=C(CCC1CCCO1)Nc1[nH]ncc1-c1ccccc1. The lowest BCUT2D eigenvalue weighted by molar-refractivity contribution is -0.116. The summed E-state index contributed by atoms with van der Waals surface area (Å²) in [5.74, 6) is 0.644. The fourth-order valence-corrected chi connectivity index (χ4v) is 2.58. The van der Waals surface area contributed by atoms with E-state index < -0.39 is 0 Å². The molecule has 1 aliphatic rings. The Balaban J connectivity index is 1.60. The van der Waals surface area contributed by atoms with E-state index in [1.54, 1.807) is 6.20 Å². The number of aromatic nitrogens is 2. The normalized spacial score (nSPS) is 17.8. The molecular weight excluding hydrogens is 266 g/mol. The molecule has 5 heteroatoms. The Labute approximate surface area is 123 Å². The standard InChI is InChI=1S/C16H19N3O2/c20-15(9-8-13-7-4-10-21-13)18-16-14(11-17-19-16)12-5-2-1-3-6-12/h1-3,5-6,11,13H,4,7-10H2,(H2,17,18,19,20). The van der Waals surface area contributed by atoms with Crippen LogP contribution in [0.5, 0.6) is 0 Å². The van der Waals surface area contributed by atoms with Gasteiger partial charge in [-0.05, 0) is 24.8 Å². The molecule has 0 bridgehead atoms. The minimum atomic E-state index is -0.00747. The molecule has 0 saturated carbocycles. The maximum absolute atomic E-state index is 12.0. The Hall–Kier alpha value is -2.14. The van der Waals surface area contributed by atoms with Crippen LogP contribution in [0.25, 0.3) is 11.1 Å². The van der Waals surface area contributed by atoms with Gasteiger partial charge in [-0.25, -0.2) is 0 Å². The van der Waals surface area contributed by atoms with Crippen LogP contribution in [0.3, 0.4) is 0 Å². The van der Waals surface area contributed by atoms with Crippen LogP contribution >= 0.6 is 0 Å². The number of nitrogens with one attached hydrogen (secondary N) is 2. The molecule has 0 spiro atoms. The van der Waals surface area contributed by atoms with Crippen molar-refractivity contribution in [1.82, 2.24) is 10.2 Å². The number of amides is 1. The molecule has 1 aromatic heterocycles. The molecule has 3 rings (SSSR count). The third kappa shape index (κ3) is 3.49. The Bertz CT molecular complexity index is 589. The third-order valence-electron chi connectivity index (χ3n) is 3.71. The first kappa shape index (κ1) is 13.8. The summed E-state index contributed by atoms with van der Waals surface area (Å²) >= 11 is 0. The van der Waals surface area contributed by atoms with E-state index in [-0.39, 0.29) is 12.0 Å². The number of H-pyrrole nitrogens is 1. The highest BCUT2D eigenvalue weighted by atomic mass is 16.5. The second-order valence-corrected chi connectivity index (χ2v) is 5.25. The summed E-state index contributed by atoms with van der Waals surface area (Å²) < 4.78 is 5.53. The quantitative estimate of drug-likeness (QED) is 0.887. The van der Waals surface area contributed by atoms with Crippen molar-refractivity contribution >= 4 is 11.7 Å². The highest BCUT2D eigenvalue weighted by Gasteiger charge is 2.17. The predicted octanol–water partition coefficient (Wildman–Crippen LogP) is 2.97. The minimum absolute atomic E-state index is 0.00747. The lowest BCUT2D eigenvalue weighted by atomic mass is 10.1. The van der Waals surface area contributed by atoms with Crippen molar-refractivity contribution in [2.75, 3.05) is 11.9 Å². The van der Waals surface area contributed by atoms with Gasteiger partial charge in [0, 0.05) is 18.6 Å². The Morgan fingerprint density at radius 2 is 2.24 bits per heavy atom. The molecule has 2 heterocycles. The maximum Gasteiger partial charge on any atom is 0.225 e. The van der Waals surface area contributed by atoms with Gasteiger partial charge in [-0.1, -0.05) is 30.3 Å². The van der Waals surface area contributed by atoms with E-state index in [0.29, 0.717) is 12.2 Å². The fourth-order valence-electron chi connectivity index (χ4n) is 2.58. The first-order valence-corrected chi connectivity index (χ1v) is 7.33. The minimum Gasteiger partial charge on any atom is -0.378 e. The van der Waals surface area contributed by atoms with Gasteiger partial charge in [0.2, 0.25) is 5.91 Å².